The monoisotopic (exact) mass is 374 g/mol. The first kappa shape index (κ1) is 18.0. The van der Waals surface area contributed by atoms with E-state index >= 15 is 0 Å². The van der Waals surface area contributed by atoms with Gasteiger partial charge in [-0.2, -0.15) is 0 Å². The maximum Gasteiger partial charge on any atom is 0.254 e. The van der Waals surface area contributed by atoms with Crippen LogP contribution in [0, 0.1) is 0 Å². The number of fused-ring (bicyclic) bond motifs is 1. The Morgan fingerprint density at radius 2 is 1.64 bits per heavy atom. The zero-order valence-corrected chi connectivity index (χ0v) is 15.5. The van der Waals surface area contributed by atoms with E-state index in [0.29, 0.717) is 31.5 Å². The molecule has 0 saturated carbocycles. The largest absolute Gasteiger partial charge is 0.508 e. The number of nitrogens with zero attached hydrogens (tertiary/aromatic N) is 1. The molecule has 2 amide bonds. The molecule has 1 saturated heterocycles. The first-order valence-electron chi connectivity index (χ1n) is 9.49. The van der Waals surface area contributed by atoms with Crippen LogP contribution >= 0.6 is 0 Å². The molecule has 1 aliphatic heterocycles. The lowest BCUT2D eigenvalue weighted by molar-refractivity contribution is 0.0700. The van der Waals surface area contributed by atoms with E-state index in [9.17, 15) is 14.7 Å². The SMILES string of the molecule is O=C(NC1CCN(C(=O)c2cccc3ccccc23)CC1)c1cccc(O)c1. The van der Waals surface area contributed by atoms with E-state index < -0.39 is 0 Å². The summed E-state index contributed by atoms with van der Waals surface area (Å²) in [6.07, 6.45) is 1.42. The Bertz CT molecular complexity index is 1020. The summed E-state index contributed by atoms with van der Waals surface area (Å²) in [6, 6.07) is 20.0. The molecule has 28 heavy (non-hydrogen) atoms. The third kappa shape index (κ3) is 3.69. The van der Waals surface area contributed by atoms with E-state index in [0.717, 1.165) is 16.3 Å². The highest BCUT2D eigenvalue weighted by Gasteiger charge is 2.25. The van der Waals surface area contributed by atoms with Crippen LogP contribution in [-0.4, -0.2) is 41.0 Å². The van der Waals surface area contributed by atoms with Gasteiger partial charge in [0.1, 0.15) is 5.75 Å². The number of phenolic OH excluding ortho intramolecular Hbond substituents is 1. The summed E-state index contributed by atoms with van der Waals surface area (Å²) in [5.41, 5.74) is 1.16. The predicted molar refractivity (Wildman–Crippen MR) is 108 cm³/mol. The number of rotatable bonds is 3. The fourth-order valence-corrected chi connectivity index (χ4v) is 3.73. The van der Waals surface area contributed by atoms with E-state index in [2.05, 4.69) is 5.32 Å². The molecule has 0 radical (unpaired) electrons. The van der Waals surface area contributed by atoms with Crippen LogP contribution in [0.1, 0.15) is 33.6 Å². The Morgan fingerprint density at radius 1 is 0.929 bits per heavy atom. The predicted octanol–water partition coefficient (Wildman–Crippen LogP) is 3.58. The van der Waals surface area contributed by atoms with Crippen molar-refractivity contribution in [2.24, 2.45) is 0 Å². The minimum Gasteiger partial charge on any atom is -0.508 e. The van der Waals surface area contributed by atoms with Crippen molar-refractivity contribution >= 4 is 22.6 Å². The van der Waals surface area contributed by atoms with Gasteiger partial charge >= 0.3 is 0 Å². The Hall–Kier alpha value is -3.34. The van der Waals surface area contributed by atoms with Crippen molar-refractivity contribution in [3.8, 4) is 5.75 Å². The fraction of sp³-hybridized carbons (Fsp3) is 0.217. The molecule has 5 heteroatoms. The molecular formula is C23H22N2O3. The highest BCUT2D eigenvalue weighted by Crippen LogP contribution is 2.22. The number of hydrogen-bond donors (Lipinski definition) is 2. The molecule has 2 N–H and O–H groups in total. The normalized spacial score (nSPS) is 14.8. The Morgan fingerprint density at radius 3 is 2.43 bits per heavy atom. The first-order chi connectivity index (χ1) is 13.6. The molecular weight excluding hydrogens is 352 g/mol. The van der Waals surface area contributed by atoms with Crippen molar-refractivity contribution < 1.29 is 14.7 Å². The van der Waals surface area contributed by atoms with Crippen LogP contribution in [0.3, 0.4) is 0 Å². The van der Waals surface area contributed by atoms with E-state index in [1.54, 1.807) is 12.1 Å². The summed E-state index contributed by atoms with van der Waals surface area (Å²) in [4.78, 5) is 27.2. The number of carbonyl (C=O) groups is 2. The summed E-state index contributed by atoms with van der Waals surface area (Å²) >= 11 is 0. The molecule has 1 aliphatic rings. The molecule has 0 spiro atoms. The van der Waals surface area contributed by atoms with E-state index in [1.165, 1.54) is 12.1 Å². The zero-order valence-electron chi connectivity index (χ0n) is 15.5. The number of amides is 2. The minimum atomic E-state index is -0.199. The Labute approximate surface area is 163 Å². The summed E-state index contributed by atoms with van der Waals surface area (Å²) < 4.78 is 0. The molecule has 3 aromatic rings. The van der Waals surface area contributed by atoms with Crippen molar-refractivity contribution in [1.29, 1.82) is 0 Å². The number of carbonyl (C=O) groups excluding carboxylic acids is 2. The molecule has 1 heterocycles. The van der Waals surface area contributed by atoms with Gasteiger partial charge in [0.2, 0.25) is 0 Å². The molecule has 0 atom stereocenters. The highest BCUT2D eigenvalue weighted by molar-refractivity contribution is 6.07. The smallest absolute Gasteiger partial charge is 0.254 e. The van der Waals surface area contributed by atoms with E-state index in [4.69, 9.17) is 0 Å². The number of piperidine rings is 1. The second-order valence-electron chi connectivity index (χ2n) is 7.12. The van der Waals surface area contributed by atoms with Gasteiger partial charge in [-0.3, -0.25) is 9.59 Å². The maximum atomic E-state index is 13.0. The summed E-state index contributed by atoms with van der Waals surface area (Å²) in [5.74, 6) is -0.0903. The van der Waals surface area contributed by atoms with Crippen molar-refractivity contribution in [3.63, 3.8) is 0 Å². The van der Waals surface area contributed by atoms with Gasteiger partial charge < -0.3 is 15.3 Å². The molecule has 0 aliphatic carbocycles. The third-order valence-corrected chi connectivity index (χ3v) is 5.25. The van der Waals surface area contributed by atoms with Crippen LogP contribution in [-0.2, 0) is 0 Å². The van der Waals surface area contributed by atoms with Crippen LogP contribution in [0.2, 0.25) is 0 Å². The fourth-order valence-electron chi connectivity index (χ4n) is 3.73. The number of aromatic hydroxyl groups is 1. The maximum absolute atomic E-state index is 13.0. The molecule has 5 nitrogen and oxygen atoms in total. The van der Waals surface area contributed by atoms with Crippen LogP contribution in [0.4, 0.5) is 0 Å². The molecule has 142 valence electrons. The second kappa shape index (κ2) is 7.72. The summed E-state index contributed by atoms with van der Waals surface area (Å²) in [7, 11) is 0. The van der Waals surface area contributed by atoms with E-state index in [1.807, 2.05) is 47.4 Å². The van der Waals surface area contributed by atoms with E-state index in [-0.39, 0.29) is 23.6 Å². The molecule has 4 rings (SSSR count). The first-order valence-corrected chi connectivity index (χ1v) is 9.49. The quantitative estimate of drug-likeness (QED) is 0.736. The van der Waals surface area contributed by atoms with Gasteiger partial charge in [0.25, 0.3) is 11.8 Å². The highest BCUT2D eigenvalue weighted by atomic mass is 16.3. The lowest BCUT2D eigenvalue weighted by Crippen LogP contribution is -2.46. The average Bonchev–Trinajstić information content (AvgIpc) is 2.73. The molecule has 0 bridgehead atoms. The standard InChI is InChI=1S/C23H22N2O3/c26-19-8-3-7-17(15-19)22(27)24-18-11-13-25(14-12-18)23(28)21-10-4-6-16-5-1-2-9-20(16)21/h1-10,15,18,26H,11-14H2,(H,24,27). The molecule has 1 fully saturated rings. The van der Waals surface area contributed by atoms with Gasteiger partial charge in [0.05, 0.1) is 0 Å². The number of phenols is 1. The van der Waals surface area contributed by atoms with Crippen molar-refractivity contribution in [2.45, 2.75) is 18.9 Å². The Balaban J connectivity index is 1.40. The minimum absolute atomic E-state index is 0.0198. The van der Waals surface area contributed by atoms with Gasteiger partial charge in [-0.05, 0) is 47.9 Å². The zero-order chi connectivity index (χ0) is 19.5. The number of benzene rings is 3. The van der Waals surface area contributed by atoms with Gasteiger partial charge in [-0.1, -0.05) is 42.5 Å². The number of nitrogens with one attached hydrogen (secondary N) is 1. The topological polar surface area (TPSA) is 69.6 Å². The second-order valence-corrected chi connectivity index (χ2v) is 7.12. The Kier molecular flexibility index (Phi) is 4.98. The molecule has 0 aromatic heterocycles. The van der Waals surface area contributed by atoms with Gasteiger partial charge in [0.15, 0.2) is 0 Å². The summed E-state index contributed by atoms with van der Waals surface area (Å²) in [5, 5.41) is 14.6. The lowest BCUT2D eigenvalue weighted by Gasteiger charge is -2.32. The van der Waals surface area contributed by atoms with Crippen molar-refractivity contribution in [2.75, 3.05) is 13.1 Å². The summed E-state index contributed by atoms with van der Waals surface area (Å²) in [6.45, 7) is 1.21. The van der Waals surface area contributed by atoms with Crippen LogP contribution in [0.5, 0.6) is 5.75 Å². The molecule has 3 aromatic carbocycles. The van der Waals surface area contributed by atoms with Crippen LogP contribution in [0.25, 0.3) is 10.8 Å². The number of hydrogen-bond acceptors (Lipinski definition) is 3. The van der Waals surface area contributed by atoms with Gasteiger partial charge in [-0.25, -0.2) is 0 Å². The van der Waals surface area contributed by atoms with Crippen molar-refractivity contribution in [3.05, 3.63) is 77.9 Å². The van der Waals surface area contributed by atoms with Crippen LogP contribution < -0.4 is 5.32 Å². The van der Waals surface area contributed by atoms with Gasteiger partial charge in [0, 0.05) is 30.3 Å². The number of likely N-dealkylation sites (tertiary alicyclic amines) is 1. The van der Waals surface area contributed by atoms with Crippen LogP contribution in [0.15, 0.2) is 66.7 Å². The van der Waals surface area contributed by atoms with Crippen molar-refractivity contribution in [1.82, 2.24) is 10.2 Å². The average molecular weight is 374 g/mol. The third-order valence-electron chi connectivity index (χ3n) is 5.25. The van der Waals surface area contributed by atoms with Gasteiger partial charge in [-0.15, -0.1) is 0 Å². The molecule has 0 unspecified atom stereocenters. The lowest BCUT2D eigenvalue weighted by atomic mass is 10.0.